The first-order valence-electron chi connectivity index (χ1n) is 8.84. The molecule has 4 rings (SSSR count). The molecular weight excluding hydrogens is 248 g/mol. The molecule has 1 spiro atoms. The quantitative estimate of drug-likeness (QED) is 0.837. The molecule has 112 valence electrons. The van der Waals surface area contributed by atoms with Gasteiger partial charge >= 0.3 is 0 Å². The van der Waals surface area contributed by atoms with Gasteiger partial charge in [0, 0.05) is 6.04 Å². The van der Waals surface area contributed by atoms with Gasteiger partial charge in [-0.2, -0.15) is 0 Å². The van der Waals surface area contributed by atoms with E-state index in [1.165, 1.54) is 44.9 Å². The van der Waals surface area contributed by atoms with Crippen molar-refractivity contribution in [1.29, 1.82) is 0 Å². The van der Waals surface area contributed by atoms with E-state index in [-0.39, 0.29) is 5.54 Å². The average Bonchev–Trinajstić information content (AvgIpc) is 3.34. The third-order valence-corrected chi connectivity index (χ3v) is 6.13. The van der Waals surface area contributed by atoms with E-state index >= 15 is 0 Å². The molecule has 3 aliphatic carbocycles. The Hall–Kier alpha value is -0.570. The van der Waals surface area contributed by atoms with Crippen LogP contribution in [0.5, 0.6) is 0 Å². The summed E-state index contributed by atoms with van der Waals surface area (Å²) in [5, 5.41) is 3.77. The molecule has 0 radical (unpaired) electrons. The summed E-state index contributed by atoms with van der Waals surface area (Å²) in [5.74, 6) is 2.07. The lowest BCUT2D eigenvalue weighted by atomic mass is 9.99. The van der Waals surface area contributed by atoms with E-state index in [1.54, 1.807) is 0 Å². The minimum absolute atomic E-state index is 0.121. The van der Waals surface area contributed by atoms with Gasteiger partial charge in [0.1, 0.15) is 0 Å². The molecule has 0 aromatic rings. The average molecular weight is 276 g/mol. The second-order valence-corrected chi connectivity index (χ2v) is 7.67. The number of amides is 1. The Labute approximate surface area is 122 Å². The zero-order chi connectivity index (χ0) is 13.7. The van der Waals surface area contributed by atoms with Crippen LogP contribution in [0.15, 0.2) is 0 Å². The molecule has 3 nitrogen and oxygen atoms in total. The second kappa shape index (κ2) is 4.72. The molecule has 20 heavy (non-hydrogen) atoms. The van der Waals surface area contributed by atoms with Crippen LogP contribution < -0.4 is 5.32 Å². The van der Waals surface area contributed by atoms with Gasteiger partial charge in [-0.1, -0.05) is 32.6 Å². The highest BCUT2D eigenvalue weighted by molar-refractivity contribution is 5.92. The van der Waals surface area contributed by atoms with E-state index in [4.69, 9.17) is 0 Å². The summed E-state index contributed by atoms with van der Waals surface area (Å²) in [7, 11) is 0. The Bertz CT molecular complexity index is 394. The van der Waals surface area contributed by atoms with Crippen molar-refractivity contribution in [2.75, 3.05) is 0 Å². The number of hydrogen-bond acceptors (Lipinski definition) is 2. The molecule has 0 bridgehead atoms. The van der Waals surface area contributed by atoms with Gasteiger partial charge in [-0.15, -0.1) is 0 Å². The van der Waals surface area contributed by atoms with Crippen molar-refractivity contribution < 1.29 is 4.79 Å². The smallest absolute Gasteiger partial charge is 0.244 e. The number of carbonyl (C=O) groups is 1. The summed E-state index contributed by atoms with van der Waals surface area (Å²) in [4.78, 5) is 15.2. The van der Waals surface area contributed by atoms with E-state index < -0.39 is 0 Å². The lowest BCUT2D eigenvalue weighted by Gasteiger charge is -2.35. The van der Waals surface area contributed by atoms with E-state index in [0.29, 0.717) is 24.0 Å². The second-order valence-electron chi connectivity index (χ2n) is 7.67. The lowest BCUT2D eigenvalue weighted by molar-refractivity contribution is -0.134. The first-order chi connectivity index (χ1) is 9.73. The summed E-state index contributed by atoms with van der Waals surface area (Å²) >= 11 is 0. The van der Waals surface area contributed by atoms with Crippen LogP contribution >= 0.6 is 0 Å². The molecule has 0 aromatic carbocycles. The summed E-state index contributed by atoms with van der Waals surface area (Å²) < 4.78 is 0. The largest absolute Gasteiger partial charge is 0.322 e. The fourth-order valence-electron chi connectivity index (χ4n) is 4.50. The van der Waals surface area contributed by atoms with Crippen molar-refractivity contribution in [2.45, 2.75) is 88.9 Å². The van der Waals surface area contributed by atoms with E-state index in [0.717, 1.165) is 25.2 Å². The van der Waals surface area contributed by atoms with Crippen LogP contribution in [0.4, 0.5) is 0 Å². The molecule has 3 saturated carbocycles. The highest BCUT2D eigenvalue weighted by Crippen LogP contribution is 2.47. The molecule has 2 atom stereocenters. The van der Waals surface area contributed by atoms with Crippen molar-refractivity contribution in [1.82, 2.24) is 10.2 Å². The maximum atomic E-state index is 12.9. The molecule has 1 aliphatic heterocycles. The topological polar surface area (TPSA) is 32.3 Å². The van der Waals surface area contributed by atoms with Crippen molar-refractivity contribution in [2.24, 2.45) is 11.8 Å². The normalized spacial score (nSPS) is 34.1. The highest BCUT2D eigenvalue weighted by Gasteiger charge is 2.61. The van der Waals surface area contributed by atoms with Gasteiger partial charge in [0.05, 0.1) is 11.7 Å². The molecule has 2 unspecified atom stereocenters. The summed E-state index contributed by atoms with van der Waals surface area (Å²) in [5.41, 5.74) is -0.121. The Morgan fingerprint density at radius 1 is 1.25 bits per heavy atom. The molecule has 1 heterocycles. The van der Waals surface area contributed by atoms with E-state index in [1.807, 2.05) is 0 Å². The van der Waals surface area contributed by atoms with E-state index in [9.17, 15) is 4.79 Å². The van der Waals surface area contributed by atoms with Crippen LogP contribution in [0.2, 0.25) is 0 Å². The van der Waals surface area contributed by atoms with Crippen LogP contribution in [0, 0.1) is 11.8 Å². The monoisotopic (exact) mass is 276 g/mol. The number of hydrogen-bond donors (Lipinski definition) is 1. The first kappa shape index (κ1) is 13.1. The Kier molecular flexibility index (Phi) is 3.10. The minimum Gasteiger partial charge on any atom is -0.322 e. The third-order valence-electron chi connectivity index (χ3n) is 6.13. The van der Waals surface area contributed by atoms with Crippen molar-refractivity contribution in [3.63, 3.8) is 0 Å². The lowest BCUT2D eigenvalue weighted by Crippen LogP contribution is -2.48. The van der Waals surface area contributed by atoms with Crippen LogP contribution in [0.3, 0.4) is 0 Å². The molecule has 1 N–H and O–H groups in total. The number of nitrogens with one attached hydrogen (secondary N) is 1. The predicted molar refractivity (Wildman–Crippen MR) is 79.1 cm³/mol. The molecular formula is C17H28N2O. The van der Waals surface area contributed by atoms with E-state index in [2.05, 4.69) is 17.1 Å². The van der Waals surface area contributed by atoms with Gasteiger partial charge in [-0.05, 0) is 50.4 Å². The van der Waals surface area contributed by atoms with Gasteiger partial charge in [0.15, 0.2) is 0 Å². The number of rotatable bonds is 5. The van der Waals surface area contributed by atoms with Crippen molar-refractivity contribution in [3.05, 3.63) is 0 Å². The SMILES string of the molecule is CCC(CC1CC1)N1C(=O)C2(CC2)NC1C1CCCC1. The first-order valence-corrected chi connectivity index (χ1v) is 8.84. The molecule has 4 fully saturated rings. The maximum absolute atomic E-state index is 12.9. The fourth-order valence-corrected chi connectivity index (χ4v) is 4.50. The van der Waals surface area contributed by atoms with Crippen molar-refractivity contribution >= 4 is 5.91 Å². The van der Waals surface area contributed by atoms with Gasteiger partial charge in [-0.3, -0.25) is 10.1 Å². The van der Waals surface area contributed by atoms with Crippen LogP contribution in [-0.4, -0.2) is 28.6 Å². The molecule has 3 heteroatoms. The van der Waals surface area contributed by atoms with Gasteiger partial charge in [-0.25, -0.2) is 0 Å². The standard InChI is InChI=1S/C17H28N2O/c1-2-14(11-12-7-8-12)19-15(13-5-3-4-6-13)18-17(9-10-17)16(19)20/h12-15,18H,2-11H2,1H3. The molecule has 1 saturated heterocycles. The third kappa shape index (κ3) is 2.09. The summed E-state index contributed by atoms with van der Waals surface area (Å²) in [6, 6.07) is 0.494. The zero-order valence-electron chi connectivity index (χ0n) is 12.7. The highest BCUT2D eigenvalue weighted by atomic mass is 16.2. The van der Waals surface area contributed by atoms with Gasteiger partial charge in [0.25, 0.3) is 0 Å². The van der Waals surface area contributed by atoms with Gasteiger partial charge in [0.2, 0.25) is 5.91 Å². The summed E-state index contributed by atoms with van der Waals surface area (Å²) in [6.07, 6.45) is 13.0. The van der Waals surface area contributed by atoms with Crippen LogP contribution in [-0.2, 0) is 4.79 Å². The maximum Gasteiger partial charge on any atom is 0.244 e. The Morgan fingerprint density at radius 2 is 1.95 bits per heavy atom. The number of carbonyl (C=O) groups excluding carboxylic acids is 1. The molecule has 4 aliphatic rings. The summed E-state index contributed by atoms with van der Waals surface area (Å²) in [6.45, 7) is 2.27. The van der Waals surface area contributed by atoms with Crippen LogP contribution in [0.25, 0.3) is 0 Å². The van der Waals surface area contributed by atoms with Gasteiger partial charge < -0.3 is 4.90 Å². The molecule has 1 amide bonds. The Morgan fingerprint density at radius 3 is 2.50 bits per heavy atom. The minimum atomic E-state index is -0.121. The predicted octanol–water partition coefficient (Wildman–Crippen LogP) is 3.05. The fraction of sp³-hybridized carbons (Fsp3) is 0.941. The Balaban J connectivity index is 1.56. The van der Waals surface area contributed by atoms with Crippen molar-refractivity contribution in [3.8, 4) is 0 Å². The molecule has 0 aromatic heterocycles. The number of nitrogens with zero attached hydrogens (tertiary/aromatic N) is 1. The zero-order valence-corrected chi connectivity index (χ0v) is 12.7. The van der Waals surface area contributed by atoms with Crippen LogP contribution in [0.1, 0.15) is 71.1 Å².